The highest BCUT2D eigenvalue weighted by Gasteiger charge is 2.33. The van der Waals surface area contributed by atoms with E-state index in [1.165, 1.54) is 12.2 Å². The summed E-state index contributed by atoms with van der Waals surface area (Å²) in [5.41, 5.74) is -0.602. The van der Waals surface area contributed by atoms with Crippen molar-refractivity contribution in [1.29, 1.82) is 0 Å². The number of alkyl halides is 3. The number of nitrogens with zero attached hydrogens (tertiary/aromatic N) is 1. The molecule has 96 valence electrons. The Kier molecular flexibility index (Phi) is 3.84. The van der Waals surface area contributed by atoms with Gasteiger partial charge in [0.25, 0.3) is 0 Å². The molecule has 0 aromatic rings. The van der Waals surface area contributed by atoms with Crippen molar-refractivity contribution in [2.24, 2.45) is 10.9 Å². The van der Waals surface area contributed by atoms with Crippen molar-refractivity contribution in [3.8, 4) is 0 Å². The first-order chi connectivity index (χ1) is 8.55. The van der Waals surface area contributed by atoms with Crippen LogP contribution in [0, 0.1) is 5.92 Å². The Hall–Kier alpha value is -1.58. The van der Waals surface area contributed by atoms with Gasteiger partial charge in [-0.1, -0.05) is 36.5 Å². The van der Waals surface area contributed by atoms with Crippen LogP contribution in [0.3, 0.4) is 0 Å². The van der Waals surface area contributed by atoms with Crippen LogP contribution in [0.5, 0.6) is 0 Å². The topological polar surface area (TPSA) is 12.4 Å². The number of hydrogen-bond donors (Lipinski definition) is 0. The van der Waals surface area contributed by atoms with Gasteiger partial charge in [-0.15, -0.1) is 0 Å². The molecule has 0 spiro atoms. The SMILES string of the molecule is FC(F)(F)C1=CC(N=CC2C=CC=CC2)CC=C1. The largest absolute Gasteiger partial charge is 0.416 e. The fourth-order valence-corrected chi connectivity index (χ4v) is 1.89. The first-order valence-electron chi connectivity index (χ1n) is 5.88. The molecule has 0 amide bonds. The standard InChI is InChI=1S/C14H14F3N/c15-14(16,17)12-7-4-8-13(9-12)18-10-11-5-2-1-3-6-11/h1-5,7,9-11,13H,6,8H2. The summed E-state index contributed by atoms with van der Waals surface area (Å²) in [5, 5.41) is 0. The van der Waals surface area contributed by atoms with Crippen LogP contribution in [-0.2, 0) is 0 Å². The van der Waals surface area contributed by atoms with E-state index < -0.39 is 17.8 Å². The molecule has 0 saturated carbocycles. The average Bonchev–Trinajstić information content (AvgIpc) is 2.37. The molecule has 2 rings (SSSR count). The highest BCUT2D eigenvalue weighted by atomic mass is 19.4. The van der Waals surface area contributed by atoms with Crippen molar-refractivity contribution >= 4 is 6.21 Å². The highest BCUT2D eigenvalue weighted by Crippen LogP contribution is 2.30. The van der Waals surface area contributed by atoms with Gasteiger partial charge in [0.1, 0.15) is 0 Å². The van der Waals surface area contributed by atoms with Gasteiger partial charge in [-0.25, -0.2) is 0 Å². The van der Waals surface area contributed by atoms with Crippen molar-refractivity contribution in [2.45, 2.75) is 25.1 Å². The van der Waals surface area contributed by atoms with Crippen molar-refractivity contribution in [3.63, 3.8) is 0 Å². The maximum absolute atomic E-state index is 12.5. The van der Waals surface area contributed by atoms with Crippen LogP contribution in [0.25, 0.3) is 0 Å². The van der Waals surface area contributed by atoms with Gasteiger partial charge in [0.2, 0.25) is 0 Å². The predicted molar refractivity (Wildman–Crippen MR) is 66.6 cm³/mol. The molecule has 0 heterocycles. The molecular weight excluding hydrogens is 239 g/mol. The summed E-state index contributed by atoms with van der Waals surface area (Å²) in [6.07, 6.45) is 10.6. The Labute approximate surface area is 104 Å². The molecule has 0 aromatic carbocycles. The zero-order valence-electron chi connectivity index (χ0n) is 9.77. The van der Waals surface area contributed by atoms with Crippen molar-refractivity contribution in [2.75, 3.05) is 0 Å². The maximum Gasteiger partial charge on any atom is 0.416 e. The van der Waals surface area contributed by atoms with Gasteiger partial charge in [0.05, 0.1) is 11.6 Å². The van der Waals surface area contributed by atoms with E-state index in [9.17, 15) is 13.2 Å². The highest BCUT2D eigenvalue weighted by molar-refractivity contribution is 5.64. The first-order valence-corrected chi connectivity index (χ1v) is 5.88. The van der Waals surface area contributed by atoms with E-state index in [2.05, 4.69) is 4.99 Å². The van der Waals surface area contributed by atoms with Crippen LogP contribution < -0.4 is 0 Å². The summed E-state index contributed by atoms with van der Waals surface area (Å²) in [6.45, 7) is 0. The monoisotopic (exact) mass is 253 g/mol. The molecule has 0 N–H and O–H groups in total. The minimum Gasteiger partial charge on any atom is -0.289 e. The van der Waals surface area contributed by atoms with Crippen LogP contribution in [-0.4, -0.2) is 18.4 Å². The third-order valence-corrected chi connectivity index (χ3v) is 2.86. The lowest BCUT2D eigenvalue weighted by atomic mass is 10.0. The van der Waals surface area contributed by atoms with E-state index in [1.54, 1.807) is 6.21 Å². The van der Waals surface area contributed by atoms with E-state index in [0.717, 1.165) is 12.5 Å². The zero-order valence-corrected chi connectivity index (χ0v) is 9.77. The van der Waals surface area contributed by atoms with Gasteiger partial charge >= 0.3 is 6.18 Å². The number of aliphatic imine (C=N–C) groups is 1. The van der Waals surface area contributed by atoms with E-state index in [-0.39, 0.29) is 5.92 Å². The lowest BCUT2D eigenvalue weighted by Gasteiger charge is -2.16. The molecule has 2 atom stereocenters. The van der Waals surface area contributed by atoms with E-state index >= 15 is 0 Å². The summed E-state index contributed by atoms with van der Waals surface area (Å²) in [7, 11) is 0. The smallest absolute Gasteiger partial charge is 0.289 e. The van der Waals surface area contributed by atoms with Crippen LogP contribution in [0.4, 0.5) is 13.2 Å². The van der Waals surface area contributed by atoms with E-state index in [0.29, 0.717) is 6.42 Å². The van der Waals surface area contributed by atoms with Gasteiger partial charge in [-0.3, -0.25) is 4.99 Å². The summed E-state index contributed by atoms with van der Waals surface area (Å²) in [6, 6.07) is -0.397. The summed E-state index contributed by atoms with van der Waals surface area (Å²) in [5.74, 6) is 0.198. The molecule has 2 aliphatic rings. The second kappa shape index (κ2) is 5.38. The van der Waals surface area contributed by atoms with Crippen LogP contribution in [0.15, 0.2) is 53.1 Å². The summed E-state index contributed by atoms with van der Waals surface area (Å²) in [4.78, 5) is 4.23. The molecule has 0 bridgehead atoms. The average molecular weight is 253 g/mol. The van der Waals surface area contributed by atoms with Gasteiger partial charge < -0.3 is 0 Å². The fraction of sp³-hybridized carbons (Fsp3) is 0.357. The molecule has 0 saturated heterocycles. The number of allylic oxidation sites excluding steroid dienone is 6. The summed E-state index contributed by atoms with van der Waals surface area (Å²) < 4.78 is 37.6. The predicted octanol–water partition coefficient (Wildman–Crippen LogP) is 4.01. The summed E-state index contributed by atoms with van der Waals surface area (Å²) >= 11 is 0. The van der Waals surface area contributed by atoms with Crippen molar-refractivity contribution < 1.29 is 13.2 Å². The van der Waals surface area contributed by atoms with Gasteiger partial charge in [-0.2, -0.15) is 13.2 Å². The molecule has 0 radical (unpaired) electrons. The molecule has 1 nitrogen and oxygen atoms in total. The van der Waals surface area contributed by atoms with Gasteiger partial charge in [-0.05, 0) is 18.9 Å². The number of rotatable bonds is 2. The van der Waals surface area contributed by atoms with Gasteiger partial charge in [0, 0.05) is 12.1 Å². The number of hydrogen-bond acceptors (Lipinski definition) is 1. The molecule has 2 unspecified atom stereocenters. The Morgan fingerprint density at radius 3 is 2.67 bits per heavy atom. The molecule has 2 aliphatic carbocycles. The quantitative estimate of drug-likeness (QED) is 0.659. The Morgan fingerprint density at radius 1 is 1.17 bits per heavy atom. The van der Waals surface area contributed by atoms with Gasteiger partial charge in [0.15, 0.2) is 0 Å². The van der Waals surface area contributed by atoms with Crippen molar-refractivity contribution in [3.05, 3.63) is 48.1 Å². The van der Waals surface area contributed by atoms with Crippen LogP contribution in [0.2, 0.25) is 0 Å². The Bertz CT molecular complexity index is 438. The molecule has 18 heavy (non-hydrogen) atoms. The Morgan fingerprint density at radius 2 is 2.00 bits per heavy atom. The lowest BCUT2D eigenvalue weighted by molar-refractivity contribution is -0.0887. The van der Waals surface area contributed by atoms with Crippen LogP contribution in [0.1, 0.15) is 12.8 Å². The minimum atomic E-state index is -4.28. The second-order valence-corrected chi connectivity index (χ2v) is 4.34. The molecule has 0 fully saturated rings. The van der Waals surface area contributed by atoms with Crippen molar-refractivity contribution in [1.82, 2.24) is 0 Å². The molecule has 4 heteroatoms. The maximum atomic E-state index is 12.5. The normalized spacial score (nSPS) is 27.8. The lowest BCUT2D eigenvalue weighted by Crippen LogP contribution is -2.16. The van der Waals surface area contributed by atoms with Crippen LogP contribution >= 0.6 is 0 Å². The zero-order chi connectivity index (χ0) is 13.0. The molecular formula is C14H14F3N. The van der Waals surface area contributed by atoms with E-state index in [4.69, 9.17) is 0 Å². The fourth-order valence-electron chi connectivity index (χ4n) is 1.89. The molecule has 0 aliphatic heterocycles. The third-order valence-electron chi connectivity index (χ3n) is 2.86. The number of halogens is 3. The minimum absolute atomic E-state index is 0.198. The Balaban J connectivity index is 2.00. The van der Waals surface area contributed by atoms with E-state index in [1.807, 2.05) is 24.3 Å². The first kappa shape index (κ1) is 12.9. The third kappa shape index (κ3) is 3.45. The second-order valence-electron chi connectivity index (χ2n) is 4.34. The molecule has 0 aromatic heterocycles.